The first-order chi connectivity index (χ1) is 10.6. The Hall–Kier alpha value is -3.00. The van der Waals surface area contributed by atoms with Gasteiger partial charge in [-0.05, 0) is 30.7 Å². The van der Waals surface area contributed by atoms with E-state index < -0.39 is 5.97 Å². The van der Waals surface area contributed by atoms with E-state index in [0.29, 0.717) is 17.1 Å². The van der Waals surface area contributed by atoms with Gasteiger partial charge in [0.2, 0.25) is 0 Å². The number of nitriles is 1. The summed E-state index contributed by atoms with van der Waals surface area (Å²) < 4.78 is 15.7. The first kappa shape index (κ1) is 15.4. The average Bonchev–Trinajstić information content (AvgIpc) is 2.54. The second-order valence-electron chi connectivity index (χ2n) is 4.51. The highest BCUT2D eigenvalue weighted by Gasteiger charge is 2.12. The van der Waals surface area contributed by atoms with Gasteiger partial charge in [-0.3, -0.25) is 0 Å². The summed E-state index contributed by atoms with van der Waals surface area (Å²) >= 11 is 0. The molecule has 0 unspecified atom stereocenters. The number of methoxy groups -OCH3 is 1. The Balaban J connectivity index is 2.01. The summed E-state index contributed by atoms with van der Waals surface area (Å²) in [6.45, 7) is 1.68. The fraction of sp³-hybridized carbons (Fsp3) is 0.176. The molecule has 0 aliphatic rings. The minimum absolute atomic E-state index is 0.214. The summed E-state index contributed by atoms with van der Waals surface area (Å²) in [6, 6.07) is 14.0. The molecular formula is C17H15NO4. The van der Waals surface area contributed by atoms with Crippen LogP contribution in [0.25, 0.3) is 0 Å². The Labute approximate surface area is 128 Å². The van der Waals surface area contributed by atoms with Gasteiger partial charge in [-0.1, -0.05) is 18.2 Å². The predicted molar refractivity (Wildman–Crippen MR) is 80.0 cm³/mol. The average molecular weight is 297 g/mol. The minimum Gasteiger partial charge on any atom is -0.493 e. The standard InChI is InChI=1S/C17H15NO4/c1-12-5-3-4-6-14(12)21-11-17(19)22-15-8-7-13(10-18)9-16(15)20-2/h3-9H,11H2,1-2H3. The third-order valence-corrected chi connectivity index (χ3v) is 2.96. The van der Waals surface area contributed by atoms with Crippen LogP contribution in [0.1, 0.15) is 11.1 Å². The molecule has 0 aromatic heterocycles. The Bertz CT molecular complexity index is 719. The number of hydrogen-bond acceptors (Lipinski definition) is 5. The van der Waals surface area contributed by atoms with Crippen LogP contribution in [-0.2, 0) is 4.79 Å². The van der Waals surface area contributed by atoms with Crippen molar-refractivity contribution >= 4 is 5.97 Å². The number of benzene rings is 2. The molecule has 5 nitrogen and oxygen atoms in total. The lowest BCUT2D eigenvalue weighted by molar-refractivity contribution is -0.136. The second kappa shape index (κ2) is 7.14. The van der Waals surface area contributed by atoms with Crippen LogP contribution >= 0.6 is 0 Å². The van der Waals surface area contributed by atoms with Gasteiger partial charge in [0.05, 0.1) is 18.7 Å². The van der Waals surface area contributed by atoms with Gasteiger partial charge in [-0.2, -0.15) is 5.26 Å². The SMILES string of the molecule is COc1cc(C#N)ccc1OC(=O)COc1ccccc1C. The van der Waals surface area contributed by atoms with E-state index in [0.717, 1.165) is 5.56 Å². The number of aryl methyl sites for hydroxylation is 1. The third kappa shape index (κ3) is 3.76. The van der Waals surface area contributed by atoms with Crippen LogP contribution in [0, 0.1) is 18.3 Å². The lowest BCUT2D eigenvalue weighted by Gasteiger charge is -2.11. The molecule has 2 aromatic carbocycles. The molecule has 0 bridgehead atoms. The molecule has 0 spiro atoms. The van der Waals surface area contributed by atoms with Crippen molar-refractivity contribution in [3.63, 3.8) is 0 Å². The predicted octanol–water partition coefficient (Wildman–Crippen LogP) is 2.86. The van der Waals surface area contributed by atoms with E-state index in [-0.39, 0.29) is 12.4 Å². The van der Waals surface area contributed by atoms with Crippen molar-refractivity contribution in [3.05, 3.63) is 53.6 Å². The van der Waals surface area contributed by atoms with Gasteiger partial charge in [0.25, 0.3) is 0 Å². The molecule has 0 saturated carbocycles. The first-order valence-corrected chi connectivity index (χ1v) is 6.61. The quantitative estimate of drug-likeness (QED) is 0.627. The normalized spacial score (nSPS) is 9.68. The summed E-state index contributed by atoms with van der Waals surface area (Å²) in [5, 5.41) is 8.83. The van der Waals surface area contributed by atoms with Crippen LogP contribution in [0.5, 0.6) is 17.2 Å². The summed E-state index contributed by atoms with van der Waals surface area (Å²) in [7, 11) is 1.44. The summed E-state index contributed by atoms with van der Waals surface area (Å²) in [6.07, 6.45) is 0. The Morgan fingerprint density at radius 3 is 2.59 bits per heavy atom. The lowest BCUT2D eigenvalue weighted by Crippen LogP contribution is -2.18. The topological polar surface area (TPSA) is 68.5 Å². The summed E-state index contributed by atoms with van der Waals surface area (Å²) in [5.74, 6) is 0.653. The zero-order valence-electron chi connectivity index (χ0n) is 12.3. The zero-order valence-corrected chi connectivity index (χ0v) is 12.3. The number of rotatable bonds is 5. The number of ether oxygens (including phenoxy) is 3. The van der Waals surface area contributed by atoms with Crippen molar-refractivity contribution in [2.45, 2.75) is 6.92 Å². The maximum absolute atomic E-state index is 11.9. The molecule has 0 aliphatic carbocycles. The molecular weight excluding hydrogens is 282 g/mol. The molecule has 2 aromatic rings. The van der Waals surface area contributed by atoms with Crippen molar-refractivity contribution in [2.75, 3.05) is 13.7 Å². The van der Waals surface area contributed by atoms with Crippen LogP contribution in [-0.4, -0.2) is 19.7 Å². The lowest BCUT2D eigenvalue weighted by atomic mass is 10.2. The van der Waals surface area contributed by atoms with E-state index in [1.807, 2.05) is 31.2 Å². The number of esters is 1. The van der Waals surface area contributed by atoms with E-state index >= 15 is 0 Å². The van der Waals surface area contributed by atoms with Crippen LogP contribution in [0.15, 0.2) is 42.5 Å². The number of hydrogen-bond donors (Lipinski definition) is 0. The summed E-state index contributed by atoms with van der Waals surface area (Å²) in [4.78, 5) is 11.9. The maximum Gasteiger partial charge on any atom is 0.349 e. The number of carbonyl (C=O) groups excluding carboxylic acids is 1. The number of carbonyl (C=O) groups is 1. The van der Waals surface area contributed by atoms with Crippen molar-refractivity contribution in [2.24, 2.45) is 0 Å². The first-order valence-electron chi connectivity index (χ1n) is 6.61. The molecule has 0 N–H and O–H groups in total. The smallest absolute Gasteiger partial charge is 0.349 e. The van der Waals surface area contributed by atoms with Gasteiger partial charge in [-0.15, -0.1) is 0 Å². The Morgan fingerprint density at radius 1 is 1.14 bits per heavy atom. The van der Waals surface area contributed by atoms with Crippen molar-refractivity contribution in [1.82, 2.24) is 0 Å². The maximum atomic E-state index is 11.9. The largest absolute Gasteiger partial charge is 0.493 e. The number of nitrogens with zero attached hydrogens (tertiary/aromatic N) is 1. The number of para-hydroxylation sites is 1. The Morgan fingerprint density at radius 2 is 1.91 bits per heavy atom. The fourth-order valence-electron chi connectivity index (χ4n) is 1.83. The van der Waals surface area contributed by atoms with E-state index in [4.69, 9.17) is 19.5 Å². The van der Waals surface area contributed by atoms with E-state index in [1.54, 1.807) is 12.1 Å². The molecule has 0 radical (unpaired) electrons. The van der Waals surface area contributed by atoms with Gasteiger partial charge < -0.3 is 14.2 Å². The second-order valence-corrected chi connectivity index (χ2v) is 4.51. The Kier molecular flexibility index (Phi) is 4.99. The fourth-order valence-corrected chi connectivity index (χ4v) is 1.83. The van der Waals surface area contributed by atoms with Crippen LogP contribution in [0.3, 0.4) is 0 Å². The van der Waals surface area contributed by atoms with E-state index in [2.05, 4.69) is 0 Å². The van der Waals surface area contributed by atoms with Gasteiger partial charge in [0.15, 0.2) is 18.1 Å². The molecule has 0 aliphatic heterocycles. The molecule has 2 rings (SSSR count). The van der Waals surface area contributed by atoms with Crippen molar-refractivity contribution < 1.29 is 19.0 Å². The van der Waals surface area contributed by atoms with Crippen molar-refractivity contribution in [1.29, 1.82) is 5.26 Å². The van der Waals surface area contributed by atoms with Crippen LogP contribution in [0.2, 0.25) is 0 Å². The molecule has 0 heterocycles. The molecule has 22 heavy (non-hydrogen) atoms. The van der Waals surface area contributed by atoms with Crippen molar-refractivity contribution in [3.8, 4) is 23.3 Å². The highest BCUT2D eigenvalue weighted by atomic mass is 16.6. The van der Waals surface area contributed by atoms with Crippen LogP contribution in [0.4, 0.5) is 0 Å². The van der Waals surface area contributed by atoms with E-state index in [9.17, 15) is 4.79 Å². The highest BCUT2D eigenvalue weighted by molar-refractivity contribution is 5.75. The third-order valence-electron chi connectivity index (χ3n) is 2.96. The van der Waals surface area contributed by atoms with Gasteiger partial charge in [0.1, 0.15) is 5.75 Å². The van der Waals surface area contributed by atoms with Crippen LogP contribution < -0.4 is 14.2 Å². The molecule has 0 amide bonds. The monoisotopic (exact) mass is 297 g/mol. The molecule has 112 valence electrons. The summed E-state index contributed by atoms with van der Waals surface area (Å²) in [5.41, 5.74) is 1.36. The molecule has 5 heteroatoms. The zero-order chi connectivity index (χ0) is 15.9. The van der Waals surface area contributed by atoms with E-state index in [1.165, 1.54) is 19.2 Å². The van der Waals surface area contributed by atoms with Gasteiger partial charge in [-0.25, -0.2) is 4.79 Å². The molecule has 0 fully saturated rings. The molecule has 0 saturated heterocycles. The van der Waals surface area contributed by atoms with Gasteiger partial charge >= 0.3 is 5.97 Å². The highest BCUT2D eigenvalue weighted by Crippen LogP contribution is 2.28. The molecule has 0 atom stereocenters. The van der Waals surface area contributed by atoms with Gasteiger partial charge in [0, 0.05) is 6.07 Å². The minimum atomic E-state index is -0.550.